The summed E-state index contributed by atoms with van der Waals surface area (Å²) in [6.07, 6.45) is 2.83. The van der Waals surface area contributed by atoms with Crippen molar-refractivity contribution in [3.8, 4) is 16.3 Å². The Morgan fingerprint density at radius 2 is 1.91 bits per heavy atom. The van der Waals surface area contributed by atoms with Gasteiger partial charge in [-0.15, -0.1) is 23.7 Å². The summed E-state index contributed by atoms with van der Waals surface area (Å²) in [5, 5.41) is 4.47. The molecule has 0 spiro atoms. The van der Waals surface area contributed by atoms with Gasteiger partial charge >= 0.3 is 0 Å². The van der Waals surface area contributed by atoms with Crippen LogP contribution in [0.5, 0.6) is 5.75 Å². The average molecular weight is 356 g/mol. The second-order valence-corrected chi connectivity index (χ2v) is 6.83. The highest BCUT2D eigenvalue weighted by molar-refractivity contribution is 7.15. The third-order valence-electron chi connectivity index (χ3n) is 3.29. The number of aromatic nitrogens is 1. The molecular formula is C17H26ClN3OS. The monoisotopic (exact) mass is 355 g/mol. The van der Waals surface area contributed by atoms with E-state index < -0.39 is 0 Å². The molecule has 1 heterocycles. The number of nitrogens with one attached hydrogen (secondary N) is 1. The maximum Gasteiger partial charge on any atom is 0.123 e. The first-order valence-corrected chi connectivity index (χ1v) is 8.54. The number of halogens is 1. The molecule has 23 heavy (non-hydrogen) atoms. The Morgan fingerprint density at radius 3 is 2.48 bits per heavy atom. The van der Waals surface area contributed by atoms with Crippen molar-refractivity contribution in [1.82, 2.24) is 10.3 Å². The number of nitrogens with zero attached hydrogens (tertiary/aromatic N) is 1. The fraction of sp³-hybridized carbons (Fsp3) is 0.471. The van der Waals surface area contributed by atoms with E-state index in [1.807, 2.05) is 30.5 Å². The molecule has 1 aromatic carbocycles. The van der Waals surface area contributed by atoms with Crippen molar-refractivity contribution in [2.24, 2.45) is 5.73 Å². The van der Waals surface area contributed by atoms with Crippen molar-refractivity contribution in [3.63, 3.8) is 0 Å². The van der Waals surface area contributed by atoms with Crippen LogP contribution < -0.4 is 15.8 Å². The van der Waals surface area contributed by atoms with Gasteiger partial charge < -0.3 is 15.8 Å². The lowest BCUT2D eigenvalue weighted by atomic mass is 10.2. The van der Waals surface area contributed by atoms with Crippen LogP contribution in [0.25, 0.3) is 10.6 Å². The predicted octanol–water partition coefficient (Wildman–Crippen LogP) is 3.85. The summed E-state index contributed by atoms with van der Waals surface area (Å²) in [5.41, 5.74) is 6.72. The van der Waals surface area contributed by atoms with Gasteiger partial charge in [0.05, 0.1) is 6.61 Å². The molecule has 3 N–H and O–H groups in total. The molecule has 2 aromatic rings. The zero-order chi connectivity index (χ0) is 15.9. The van der Waals surface area contributed by atoms with Gasteiger partial charge in [-0.1, -0.05) is 13.8 Å². The molecule has 0 aliphatic heterocycles. The first-order valence-electron chi connectivity index (χ1n) is 7.72. The van der Waals surface area contributed by atoms with Gasteiger partial charge in [-0.3, -0.25) is 0 Å². The molecule has 0 radical (unpaired) electrons. The van der Waals surface area contributed by atoms with Crippen molar-refractivity contribution < 1.29 is 4.74 Å². The van der Waals surface area contributed by atoms with Gasteiger partial charge in [0.2, 0.25) is 0 Å². The van der Waals surface area contributed by atoms with Gasteiger partial charge in [0, 0.05) is 35.3 Å². The minimum atomic E-state index is 0. The number of benzene rings is 1. The lowest BCUT2D eigenvalue weighted by Gasteiger charge is -2.17. The van der Waals surface area contributed by atoms with Crippen molar-refractivity contribution in [2.75, 3.05) is 6.61 Å². The van der Waals surface area contributed by atoms with E-state index in [0.29, 0.717) is 18.6 Å². The molecule has 0 saturated heterocycles. The van der Waals surface area contributed by atoms with E-state index in [4.69, 9.17) is 10.5 Å². The largest absolute Gasteiger partial charge is 0.494 e. The molecule has 6 heteroatoms. The highest BCUT2D eigenvalue weighted by atomic mass is 35.5. The van der Waals surface area contributed by atoms with Gasteiger partial charge in [0.15, 0.2) is 0 Å². The summed E-state index contributed by atoms with van der Waals surface area (Å²) in [4.78, 5) is 5.49. The van der Waals surface area contributed by atoms with E-state index in [-0.39, 0.29) is 12.4 Å². The summed E-state index contributed by atoms with van der Waals surface area (Å²) in [7, 11) is 0. The summed E-state index contributed by atoms with van der Waals surface area (Å²) < 4.78 is 5.80. The van der Waals surface area contributed by atoms with Crippen LogP contribution in [0.1, 0.15) is 32.1 Å². The van der Waals surface area contributed by atoms with E-state index >= 15 is 0 Å². The van der Waals surface area contributed by atoms with Crippen LogP contribution in [0.4, 0.5) is 0 Å². The lowest BCUT2D eigenvalue weighted by molar-refractivity contribution is 0.286. The third kappa shape index (κ3) is 6.47. The van der Waals surface area contributed by atoms with Gasteiger partial charge in [-0.2, -0.15) is 0 Å². The van der Waals surface area contributed by atoms with E-state index in [0.717, 1.165) is 34.2 Å². The Hall–Kier alpha value is -1.14. The number of thiazole rings is 1. The summed E-state index contributed by atoms with van der Waals surface area (Å²) >= 11 is 1.63. The van der Waals surface area contributed by atoms with Crippen molar-refractivity contribution in [1.29, 1.82) is 0 Å². The Balaban J connectivity index is 0.00000264. The van der Waals surface area contributed by atoms with E-state index in [1.54, 1.807) is 11.3 Å². The van der Waals surface area contributed by atoms with Crippen LogP contribution in [0.2, 0.25) is 0 Å². The first-order chi connectivity index (χ1) is 10.6. The van der Waals surface area contributed by atoms with Crippen molar-refractivity contribution in [2.45, 2.75) is 45.8 Å². The fourth-order valence-electron chi connectivity index (χ4n) is 2.23. The van der Waals surface area contributed by atoms with Gasteiger partial charge in [0.25, 0.3) is 0 Å². The summed E-state index contributed by atoms with van der Waals surface area (Å²) in [6.45, 7) is 7.76. The maximum atomic E-state index is 5.80. The molecule has 0 saturated carbocycles. The second kappa shape index (κ2) is 9.88. The minimum absolute atomic E-state index is 0. The van der Waals surface area contributed by atoms with Crippen molar-refractivity contribution >= 4 is 23.7 Å². The number of rotatable bonds is 8. The molecule has 0 bridgehead atoms. The van der Waals surface area contributed by atoms with Crippen LogP contribution in [0.3, 0.4) is 0 Å². The molecule has 0 aliphatic rings. The smallest absolute Gasteiger partial charge is 0.123 e. The number of hydrogen-bond donors (Lipinski definition) is 2. The number of hydrogen-bond acceptors (Lipinski definition) is 5. The zero-order valence-electron chi connectivity index (χ0n) is 13.9. The minimum Gasteiger partial charge on any atom is -0.494 e. The number of nitrogens with two attached hydrogens (primary N) is 1. The van der Waals surface area contributed by atoms with E-state index in [1.165, 1.54) is 0 Å². The van der Waals surface area contributed by atoms with Crippen LogP contribution in [-0.4, -0.2) is 23.7 Å². The third-order valence-corrected chi connectivity index (χ3v) is 4.36. The highest BCUT2D eigenvalue weighted by Crippen LogP contribution is 2.26. The van der Waals surface area contributed by atoms with E-state index in [9.17, 15) is 0 Å². The van der Waals surface area contributed by atoms with Crippen LogP contribution in [0, 0.1) is 0 Å². The molecule has 1 atom stereocenters. The van der Waals surface area contributed by atoms with Gasteiger partial charge in [-0.25, -0.2) is 4.98 Å². The van der Waals surface area contributed by atoms with E-state index in [2.05, 4.69) is 31.1 Å². The maximum absolute atomic E-state index is 5.80. The van der Waals surface area contributed by atoms with Crippen LogP contribution in [0.15, 0.2) is 30.5 Å². The Bertz CT molecular complexity index is 571. The van der Waals surface area contributed by atoms with Gasteiger partial charge in [-0.05, 0) is 37.6 Å². The van der Waals surface area contributed by atoms with Crippen molar-refractivity contribution in [3.05, 3.63) is 35.3 Å². The molecule has 128 valence electrons. The predicted molar refractivity (Wildman–Crippen MR) is 101 cm³/mol. The lowest BCUT2D eigenvalue weighted by Crippen LogP contribution is -2.33. The Morgan fingerprint density at radius 1 is 1.22 bits per heavy atom. The van der Waals surface area contributed by atoms with Crippen LogP contribution >= 0.6 is 23.7 Å². The normalized spacial score (nSPS) is 12.0. The molecule has 2 rings (SSSR count). The molecule has 0 fully saturated rings. The first kappa shape index (κ1) is 19.9. The molecule has 0 aliphatic carbocycles. The topological polar surface area (TPSA) is 60.2 Å². The summed E-state index contributed by atoms with van der Waals surface area (Å²) in [5.74, 6) is 0.899. The quantitative estimate of drug-likeness (QED) is 0.755. The fourth-order valence-corrected chi connectivity index (χ4v) is 3.03. The molecule has 1 aromatic heterocycles. The average Bonchev–Trinajstić information content (AvgIpc) is 2.96. The Kier molecular flexibility index (Phi) is 8.55. The van der Waals surface area contributed by atoms with Gasteiger partial charge in [0.1, 0.15) is 10.8 Å². The SMILES string of the molecule is CC(C)NC(C)CCOc1ccc(-c2ncc(CN)s2)cc1.Cl. The molecule has 1 unspecified atom stereocenters. The molecule has 0 amide bonds. The summed E-state index contributed by atoms with van der Waals surface area (Å²) in [6, 6.07) is 9.06. The Labute approximate surface area is 148 Å². The second-order valence-electron chi connectivity index (χ2n) is 5.72. The molecule has 4 nitrogen and oxygen atoms in total. The highest BCUT2D eigenvalue weighted by Gasteiger charge is 2.06. The number of ether oxygens (including phenoxy) is 1. The zero-order valence-corrected chi connectivity index (χ0v) is 15.5. The molecular weight excluding hydrogens is 330 g/mol. The standard InChI is InChI=1S/C17H25N3OS.ClH/c1-12(2)20-13(3)8-9-21-15-6-4-14(5-7-15)17-19-11-16(10-18)22-17;/h4-7,11-13,20H,8-10,18H2,1-3H3;1H. The van der Waals surface area contributed by atoms with Crippen LogP contribution in [-0.2, 0) is 6.54 Å².